The van der Waals surface area contributed by atoms with Crippen LogP contribution in [0.5, 0.6) is 5.75 Å². The van der Waals surface area contributed by atoms with E-state index in [0.29, 0.717) is 30.1 Å². The van der Waals surface area contributed by atoms with Crippen LogP contribution in [0.4, 0.5) is 13.2 Å². The lowest BCUT2D eigenvalue weighted by Gasteiger charge is -2.27. The lowest BCUT2D eigenvalue weighted by molar-refractivity contribution is 0.321. The van der Waals surface area contributed by atoms with Gasteiger partial charge in [0.1, 0.15) is 0 Å². The maximum atomic E-state index is 15.1. The van der Waals surface area contributed by atoms with Crippen molar-refractivity contribution in [2.75, 3.05) is 6.61 Å². The van der Waals surface area contributed by atoms with Crippen LogP contribution >= 0.6 is 0 Å². The van der Waals surface area contributed by atoms with E-state index in [4.69, 9.17) is 4.74 Å². The van der Waals surface area contributed by atoms with Crippen LogP contribution in [-0.2, 0) is 12.8 Å². The summed E-state index contributed by atoms with van der Waals surface area (Å²) >= 11 is 0. The van der Waals surface area contributed by atoms with Crippen LogP contribution in [0.3, 0.4) is 0 Å². The Morgan fingerprint density at radius 3 is 2.17 bits per heavy atom. The average molecular weight is 479 g/mol. The number of hydrogen-bond acceptors (Lipinski definition) is 1. The van der Waals surface area contributed by atoms with Gasteiger partial charge in [0.15, 0.2) is 23.2 Å². The Labute approximate surface area is 206 Å². The van der Waals surface area contributed by atoms with Crippen LogP contribution in [0, 0.1) is 23.4 Å². The summed E-state index contributed by atoms with van der Waals surface area (Å²) in [6, 6.07) is 16.0. The molecule has 0 spiro atoms. The van der Waals surface area contributed by atoms with Gasteiger partial charge in [-0.1, -0.05) is 54.6 Å². The van der Waals surface area contributed by atoms with Crippen LogP contribution in [0.25, 0.3) is 11.1 Å². The minimum atomic E-state index is -0.768. The number of hydrogen-bond donors (Lipinski definition) is 0. The normalized spacial score (nSPS) is 18.2. The highest BCUT2D eigenvalue weighted by Gasteiger charge is 2.25. The van der Waals surface area contributed by atoms with E-state index in [-0.39, 0.29) is 23.0 Å². The summed E-state index contributed by atoms with van der Waals surface area (Å²) in [6.45, 7) is 4.27. The molecule has 0 N–H and O–H groups in total. The molecular weight excluding hydrogens is 445 g/mol. The third kappa shape index (κ3) is 5.98. The Hall–Kier alpha value is -3.01. The topological polar surface area (TPSA) is 9.23 Å². The van der Waals surface area contributed by atoms with Gasteiger partial charge in [-0.15, -0.1) is 0 Å². The minimum Gasteiger partial charge on any atom is -0.491 e. The van der Waals surface area contributed by atoms with Crippen LogP contribution in [0.2, 0.25) is 0 Å². The second-order valence-electron chi connectivity index (χ2n) is 9.36. The van der Waals surface area contributed by atoms with Crippen LogP contribution in [0.1, 0.15) is 62.1 Å². The lowest BCUT2D eigenvalue weighted by Crippen LogP contribution is -2.13. The predicted molar refractivity (Wildman–Crippen MR) is 136 cm³/mol. The van der Waals surface area contributed by atoms with E-state index < -0.39 is 11.6 Å². The quantitative estimate of drug-likeness (QED) is 0.294. The molecule has 0 saturated heterocycles. The van der Waals surface area contributed by atoms with Gasteiger partial charge >= 0.3 is 0 Å². The standard InChI is InChI=1S/C31H33F3O/c1-3-5-21-8-13-24(14-9-21)26-17-18-27(31(34)30(26)33)25-15-10-22(11-16-25)6-7-23-12-19-29(35-4-2)28(32)20-23/h3,5,10-12,15-21,24H,4,6-9,13-14H2,1-2H3. The maximum absolute atomic E-state index is 15.1. The van der Waals surface area contributed by atoms with E-state index in [1.54, 1.807) is 18.2 Å². The van der Waals surface area contributed by atoms with E-state index in [2.05, 4.69) is 12.2 Å². The fraction of sp³-hybridized carbons (Fsp3) is 0.355. The van der Waals surface area contributed by atoms with Gasteiger partial charge in [0.25, 0.3) is 0 Å². The summed E-state index contributed by atoms with van der Waals surface area (Å²) in [6.07, 6.45) is 9.50. The van der Waals surface area contributed by atoms with Gasteiger partial charge in [-0.25, -0.2) is 13.2 Å². The molecule has 0 atom stereocenters. The molecule has 1 aliphatic rings. The predicted octanol–water partition coefficient (Wildman–Crippen LogP) is 8.80. The van der Waals surface area contributed by atoms with Gasteiger partial charge in [0.2, 0.25) is 0 Å². The Morgan fingerprint density at radius 1 is 0.829 bits per heavy atom. The number of aryl methyl sites for hydroxylation is 2. The monoisotopic (exact) mass is 478 g/mol. The Morgan fingerprint density at radius 2 is 1.51 bits per heavy atom. The second-order valence-corrected chi connectivity index (χ2v) is 9.36. The molecule has 0 amide bonds. The van der Waals surface area contributed by atoms with Gasteiger partial charge in [-0.3, -0.25) is 0 Å². The molecule has 35 heavy (non-hydrogen) atoms. The van der Waals surface area contributed by atoms with E-state index in [1.165, 1.54) is 6.07 Å². The fourth-order valence-corrected chi connectivity index (χ4v) is 5.11. The van der Waals surface area contributed by atoms with E-state index >= 15 is 8.78 Å². The van der Waals surface area contributed by atoms with E-state index in [1.807, 2.05) is 44.2 Å². The summed E-state index contributed by atoms with van der Waals surface area (Å²) in [5, 5.41) is 0. The van der Waals surface area contributed by atoms with Crippen molar-refractivity contribution in [1.82, 2.24) is 0 Å². The SMILES string of the molecule is CC=CC1CCC(c2ccc(-c3ccc(CCc4ccc(OCC)c(F)c4)cc3)c(F)c2F)CC1. The van der Waals surface area contributed by atoms with Crippen molar-refractivity contribution in [2.45, 2.75) is 58.3 Å². The smallest absolute Gasteiger partial charge is 0.166 e. The molecule has 4 heteroatoms. The number of allylic oxidation sites excluding steroid dienone is 2. The summed E-state index contributed by atoms with van der Waals surface area (Å²) in [5.41, 5.74) is 3.39. The molecule has 0 bridgehead atoms. The van der Waals surface area contributed by atoms with Crippen LogP contribution < -0.4 is 4.74 Å². The highest BCUT2D eigenvalue weighted by molar-refractivity contribution is 5.65. The van der Waals surface area contributed by atoms with Crippen LogP contribution in [-0.4, -0.2) is 6.61 Å². The maximum Gasteiger partial charge on any atom is 0.166 e. The van der Waals surface area contributed by atoms with Crippen molar-refractivity contribution in [2.24, 2.45) is 5.92 Å². The molecule has 0 radical (unpaired) electrons. The largest absolute Gasteiger partial charge is 0.491 e. The summed E-state index contributed by atoms with van der Waals surface area (Å²) in [5.74, 6) is -0.937. The van der Waals surface area contributed by atoms with E-state index in [9.17, 15) is 4.39 Å². The van der Waals surface area contributed by atoms with Crippen molar-refractivity contribution in [3.05, 3.63) is 101 Å². The van der Waals surface area contributed by atoms with Crippen molar-refractivity contribution in [3.63, 3.8) is 0 Å². The Balaban J connectivity index is 1.42. The van der Waals surface area contributed by atoms with Crippen molar-refractivity contribution in [1.29, 1.82) is 0 Å². The molecule has 1 fully saturated rings. The van der Waals surface area contributed by atoms with Gasteiger partial charge in [-0.2, -0.15) is 0 Å². The molecule has 184 valence electrons. The zero-order chi connectivity index (χ0) is 24.8. The first kappa shape index (κ1) is 25.1. The zero-order valence-electron chi connectivity index (χ0n) is 20.5. The molecule has 1 nitrogen and oxygen atoms in total. The van der Waals surface area contributed by atoms with Crippen LogP contribution in [0.15, 0.2) is 66.7 Å². The third-order valence-corrected chi connectivity index (χ3v) is 7.05. The second kappa shape index (κ2) is 11.6. The molecule has 1 aliphatic carbocycles. The first-order valence-electron chi connectivity index (χ1n) is 12.6. The highest BCUT2D eigenvalue weighted by atomic mass is 19.2. The molecule has 0 aromatic heterocycles. The Bertz CT molecular complexity index is 1160. The Kier molecular flexibility index (Phi) is 8.33. The molecule has 0 unspecified atom stereocenters. The van der Waals surface area contributed by atoms with Crippen molar-refractivity contribution < 1.29 is 17.9 Å². The van der Waals surface area contributed by atoms with Gasteiger partial charge in [0.05, 0.1) is 6.61 Å². The lowest BCUT2D eigenvalue weighted by atomic mass is 9.78. The number of rotatable bonds is 8. The van der Waals surface area contributed by atoms with Crippen molar-refractivity contribution >= 4 is 0 Å². The first-order valence-corrected chi connectivity index (χ1v) is 12.6. The average Bonchev–Trinajstić information content (AvgIpc) is 2.87. The highest BCUT2D eigenvalue weighted by Crippen LogP contribution is 2.39. The molecule has 0 aliphatic heterocycles. The number of benzene rings is 3. The van der Waals surface area contributed by atoms with Gasteiger partial charge in [0, 0.05) is 5.56 Å². The molecular formula is C31H33F3O. The van der Waals surface area contributed by atoms with Crippen molar-refractivity contribution in [3.8, 4) is 16.9 Å². The number of ether oxygens (including phenoxy) is 1. The van der Waals surface area contributed by atoms with Gasteiger partial charge in [-0.05, 0) is 98.6 Å². The molecule has 1 saturated carbocycles. The fourth-order valence-electron chi connectivity index (χ4n) is 5.11. The summed E-state index contributed by atoms with van der Waals surface area (Å²) < 4.78 is 49.4. The molecule has 3 aromatic carbocycles. The summed E-state index contributed by atoms with van der Waals surface area (Å²) in [4.78, 5) is 0. The van der Waals surface area contributed by atoms with E-state index in [0.717, 1.165) is 43.2 Å². The van der Waals surface area contributed by atoms with Gasteiger partial charge < -0.3 is 4.74 Å². The minimum absolute atomic E-state index is 0.0786. The molecule has 4 rings (SSSR count). The molecule has 3 aromatic rings. The number of halogens is 3. The molecule has 0 heterocycles. The summed E-state index contributed by atoms with van der Waals surface area (Å²) in [7, 11) is 0. The zero-order valence-corrected chi connectivity index (χ0v) is 20.5. The third-order valence-electron chi connectivity index (χ3n) is 7.05. The first-order chi connectivity index (χ1) is 17.0.